The first-order chi connectivity index (χ1) is 8.25. The van der Waals surface area contributed by atoms with Crippen molar-refractivity contribution in [1.82, 2.24) is 10.2 Å². The van der Waals surface area contributed by atoms with Crippen molar-refractivity contribution < 1.29 is 4.74 Å². The van der Waals surface area contributed by atoms with E-state index in [0.29, 0.717) is 6.10 Å². The maximum Gasteiger partial charge on any atom is 0.0826 e. The van der Waals surface area contributed by atoms with Crippen LogP contribution in [-0.4, -0.2) is 44.3 Å². The number of aryl methyl sites for hydroxylation is 1. The van der Waals surface area contributed by atoms with E-state index in [1.165, 1.54) is 11.1 Å². The van der Waals surface area contributed by atoms with Gasteiger partial charge in [-0.2, -0.15) is 0 Å². The molecule has 2 rings (SSSR count). The Morgan fingerprint density at radius 2 is 2.24 bits per heavy atom. The van der Waals surface area contributed by atoms with Crippen LogP contribution in [0, 0.1) is 6.92 Å². The van der Waals surface area contributed by atoms with Gasteiger partial charge >= 0.3 is 0 Å². The van der Waals surface area contributed by atoms with E-state index < -0.39 is 0 Å². The highest BCUT2D eigenvalue weighted by Crippen LogP contribution is 2.07. The van der Waals surface area contributed by atoms with Crippen LogP contribution in [0.15, 0.2) is 24.3 Å². The number of nitrogens with one attached hydrogen (secondary N) is 1. The molecule has 0 bridgehead atoms. The summed E-state index contributed by atoms with van der Waals surface area (Å²) >= 11 is 0. The fourth-order valence-electron chi connectivity index (χ4n) is 2.17. The van der Waals surface area contributed by atoms with Crippen molar-refractivity contribution in [3.8, 4) is 0 Å². The molecule has 1 aromatic carbocycles. The van der Waals surface area contributed by atoms with E-state index in [1.54, 1.807) is 0 Å². The van der Waals surface area contributed by atoms with E-state index in [0.717, 1.165) is 32.8 Å². The summed E-state index contributed by atoms with van der Waals surface area (Å²) in [7, 11) is 2.15. The molecule has 0 aromatic heterocycles. The first-order valence-electron chi connectivity index (χ1n) is 6.31. The minimum atomic E-state index is 0.331. The molecule has 0 unspecified atom stereocenters. The highest BCUT2D eigenvalue weighted by molar-refractivity contribution is 5.25. The van der Waals surface area contributed by atoms with Crippen LogP contribution in [0.3, 0.4) is 0 Å². The van der Waals surface area contributed by atoms with Gasteiger partial charge in [0, 0.05) is 26.2 Å². The number of nitrogens with zero attached hydrogens (tertiary/aromatic N) is 1. The van der Waals surface area contributed by atoms with Gasteiger partial charge in [0.25, 0.3) is 0 Å². The molecule has 1 heterocycles. The molecule has 1 fully saturated rings. The Bertz CT molecular complexity index is 354. The van der Waals surface area contributed by atoms with Crippen LogP contribution in [0.4, 0.5) is 0 Å². The predicted molar refractivity (Wildman–Crippen MR) is 70.1 cm³/mol. The molecule has 17 heavy (non-hydrogen) atoms. The Kier molecular flexibility index (Phi) is 4.54. The van der Waals surface area contributed by atoms with Gasteiger partial charge in [0.2, 0.25) is 0 Å². The summed E-state index contributed by atoms with van der Waals surface area (Å²) in [4.78, 5) is 2.32. The van der Waals surface area contributed by atoms with Crippen molar-refractivity contribution in [1.29, 1.82) is 0 Å². The molecule has 0 spiro atoms. The van der Waals surface area contributed by atoms with Gasteiger partial charge in [0.05, 0.1) is 12.7 Å². The molecule has 1 aromatic rings. The average molecular weight is 234 g/mol. The third kappa shape index (κ3) is 3.80. The van der Waals surface area contributed by atoms with Crippen molar-refractivity contribution in [2.45, 2.75) is 19.6 Å². The second-order valence-corrected chi connectivity index (χ2v) is 4.81. The topological polar surface area (TPSA) is 24.5 Å². The quantitative estimate of drug-likeness (QED) is 0.852. The molecule has 3 nitrogen and oxygen atoms in total. The Morgan fingerprint density at radius 1 is 1.41 bits per heavy atom. The summed E-state index contributed by atoms with van der Waals surface area (Å²) in [6.45, 7) is 6.94. The summed E-state index contributed by atoms with van der Waals surface area (Å²) in [6.07, 6.45) is 0.331. The highest BCUT2D eigenvalue weighted by Gasteiger charge is 2.16. The molecule has 1 aliphatic rings. The largest absolute Gasteiger partial charge is 0.374 e. The third-order valence-corrected chi connectivity index (χ3v) is 3.29. The fraction of sp³-hybridized carbons (Fsp3) is 0.571. The first-order valence-corrected chi connectivity index (χ1v) is 6.31. The lowest BCUT2D eigenvalue weighted by molar-refractivity contribution is -0.0182. The van der Waals surface area contributed by atoms with Crippen LogP contribution in [0.25, 0.3) is 0 Å². The van der Waals surface area contributed by atoms with E-state index in [4.69, 9.17) is 4.74 Å². The Morgan fingerprint density at radius 3 is 3.00 bits per heavy atom. The summed E-state index contributed by atoms with van der Waals surface area (Å²) in [5.74, 6) is 0. The molecule has 0 amide bonds. The summed E-state index contributed by atoms with van der Waals surface area (Å²) in [6, 6.07) is 8.50. The summed E-state index contributed by atoms with van der Waals surface area (Å²) < 4.78 is 5.71. The summed E-state index contributed by atoms with van der Waals surface area (Å²) in [5, 5.41) is 3.48. The van der Waals surface area contributed by atoms with Crippen molar-refractivity contribution in [2.75, 3.05) is 33.3 Å². The van der Waals surface area contributed by atoms with Crippen LogP contribution >= 0.6 is 0 Å². The Labute approximate surface area is 104 Å². The smallest absolute Gasteiger partial charge is 0.0826 e. The normalized spacial score (nSPS) is 21.6. The van der Waals surface area contributed by atoms with Gasteiger partial charge in [-0.15, -0.1) is 0 Å². The second kappa shape index (κ2) is 6.15. The molecular formula is C14H22N2O. The second-order valence-electron chi connectivity index (χ2n) is 4.81. The van der Waals surface area contributed by atoms with E-state index in [1.807, 2.05) is 0 Å². The van der Waals surface area contributed by atoms with Crippen LogP contribution in [0.1, 0.15) is 11.1 Å². The molecule has 1 saturated heterocycles. The van der Waals surface area contributed by atoms with E-state index in [-0.39, 0.29) is 0 Å². The van der Waals surface area contributed by atoms with Gasteiger partial charge < -0.3 is 15.0 Å². The van der Waals surface area contributed by atoms with Gasteiger partial charge in [-0.1, -0.05) is 24.3 Å². The number of likely N-dealkylation sites (N-methyl/N-ethyl adjacent to an activating group) is 1. The third-order valence-electron chi connectivity index (χ3n) is 3.29. The zero-order chi connectivity index (χ0) is 12.1. The van der Waals surface area contributed by atoms with Crippen LogP contribution < -0.4 is 5.32 Å². The maximum atomic E-state index is 5.71. The van der Waals surface area contributed by atoms with Crippen LogP contribution in [0.2, 0.25) is 0 Å². The monoisotopic (exact) mass is 234 g/mol. The van der Waals surface area contributed by atoms with Gasteiger partial charge in [-0.05, 0) is 25.1 Å². The van der Waals surface area contributed by atoms with E-state index in [2.05, 4.69) is 48.5 Å². The van der Waals surface area contributed by atoms with Gasteiger partial charge in [0.15, 0.2) is 0 Å². The number of ether oxygens (including phenoxy) is 1. The average Bonchev–Trinajstić information content (AvgIpc) is 2.32. The van der Waals surface area contributed by atoms with Crippen molar-refractivity contribution in [2.24, 2.45) is 0 Å². The lowest BCUT2D eigenvalue weighted by Gasteiger charge is -2.30. The van der Waals surface area contributed by atoms with E-state index >= 15 is 0 Å². The minimum Gasteiger partial charge on any atom is -0.374 e. The van der Waals surface area contributed by atoms with Crippen LogP contribution in [0.5, 0.6) is 0 Å². The zero-order valence-corrected chi connectivity index (χ0v) is 10.8. The number of rotatable bonds is 4. The standard InChI is InChI=1S/C14H22N2O/c1-12-5-3-4-6-13(12)9-15-10-14-11-16(2)7-8-17-14/h3-6,14-15H,7-11H2,1-2H3/t14-/m1/s1. The lowest BCUT2D eigenvalue weighted by atomic mass is 10.1. The predicted octanol–water partition coefficient (Wildman–Crippen LogP) is 1.42. The van der Waals surface area contributed by atoms with E-state index in [9.17, 15) is 0 Å². The number of hydrogen-bond acceptors (Lipinski definition) is 3. The summed E-state index contributed by atoms with van der Waals surface area (Å²) in [5.41, 5.74) is 2.72. The Hall–Kier alpha value is -0.900. The Balaban J connectivity index is 1.74. The number of hydrogen-bond donors (Lipinski definition) is 1. The van der Waals surface area contributed by atoms with Gasteiger partial charge in [-0.25, -0.2) is 0 Å². The van der Waals surface area contributed by atoms with Gasteiger partial charge in [-0.3, -0.25) is 0 Å². The molecule has 1 N–H and O–H groups in total. The zero-order valence-electron chi connectivity index (χ0n) is 10.8. The molecule has 1 aliphatic heterocycles. The van der Waals surface area contributed by atoms with Gasteiger partial charge in [0.1, 0.15) is 0 Å². The maximum absolute atomic E-state index is 5.71. The molecule has 0 saturated carbocycles. The minimum absolute atomic E-state index is 0.331. The van der Waals surface area contributed by atoms with Crippen molar-refractivity contribution >= 4 is 0 Å². The molecular weight excluding hydrogens is 212 g/mol. The first kappa shape index (κ1) is 12.6. The lowest BCUT2D eigenvalue weighted by Crippen LogP contribution is -2.44. The molecule has 0 radical (unpaired) electrons. The molecule has 0 aliphatic carbocycles. The molecule has 94 valence electrons. The fourth-order valence-corrected chi connectivity index (χ4v) is 2.17. The SMILES string of the molecule is Cc1ccccc1CNC[C@@H]1CN(C)CCO1. The molecule has 1 atom stereocenters. The van der Waals surface area contributed by atoms with Crippen molar-refractivity contribution in [3.05, 3.63) is 35.4 Å². The number of morpholine rings is 1. The van der Waals surface area contributed by atoms with Crippen molar-refractivity contribution in [3.63, 3.8) is 0 Å². The number of benzene rings is 1. The van der Waals surface area contributed by atoms with Crippen LogP contribution in [-0.2, 0) is 11.3 Å². The highest BCUT2D eigenvalue weighted by atomic mass is 16.5. The molecule has 3 heteroatoms.